The number of ketones is 1. The third kappa shape index (κ3) is 2.42. The van der Waals surface area contributed by atoms with E-state index in [-0.39, 0.29) is 11.6 Å². The summed E-state index contributed by atoms with van der Waals surface area (Å²) in [5.74, 6) is 10.5. The first kappa shape index (κ1) is 11.1. The summed E-state index contributed by atoms with van der Waals surface area (Å²) in [7, 11) is 0. The van der Waals surface area contributed by atoms with E-state index in [0.29, 0.717) is 17.7 Å². The number of hydrogen-bond donors (Lipinski definition) is 2. The second kappa shape index (κ2) is 4.66. The van der Waals surface area contributed by atoms with Crippen molar-refractivity contribution in [1.29, 1.82) is 0 Å². The monoisotopic (exact) mass is 228 g/mol. The van der Waals surface area contributed by atoms with Crippen LogP contribution in [0.25, 0.3) is 0 Å². The second-order valence-corrected chi connectivity index (χ2v) is 3.73. The number of aromatic nitrogens is 1. The summed E-state index contributed by atoms with van der Waals surface area (Å²) in [6.45, 7) is 0. The van der Waals surface area contributed by atoms with E-state index in [9.17, 15) is 4.79 Å². The first-order valence-electron chi connectivity index (χ1n) is 5.29. The SMILES string of the molecule is N/N=C(\N)C#Cc1ccc2c(n1)CCCC2=O. The number of nitrogens with zero attached hydrogens (tertiary/aromatic N) is 2. The van der Waals surface area contributed by atoms with Gasteiger partial charge in [-0.2, -0.15) is 5.10 Å². The van der Waals surface area contributed by atoms with Crippen molar-refractivity contribution in [2.75, 3.05) is 0 Å². The lowest BCUT2D eigenvalue weighted by Gasteiger charge is -2.12. The smallest absolute Gasteiger partial charge is 0.194 e. The highest BCUT2D eigenvalue weighted by Crippen LogP contribution is 2.19. The molecule has 1 aromatic heterocycles. The Morgan fingerprint density at radius 2 is 2.24 bits per heavy atom. The molecule has 0 unspecified atom stereocenters. The number of fused-ring (bicyclic) bond motifs is 1. The van der Waals surface area contributed by atoms with E-state index in [0.717, 1.165) is 18.5 Å². The molecule has 0 saturated heterocycles. The topological polar surface area (TPSA) is 94.4 Å². The zero-order valence-corrected chi connectivity index (χ0v) is 9.23. The lowest BCUT2D eigenvalue weighted by Crippen LogP contribution is -2.13. The van der Waals surface area contributed by atoms with E-state index in [4.69, 9.17) is 11.6 Å². The molecule has 0 amide bonds. The summed E-state index contributed by atoms with van der Waals surface area (Å²) in [5, 5.41) is 3.24. The van der Waals surface area contributed by atoms with E-state index < -0.39 is 0 Å². The van der Waals surface area contributed by atoms with Crippen LogP contribution in [0.4, 0.5) is 0 Å². The van der Waals surface area contributed by atoms with Gasteiger partial charge in [0, 0.05) is 12.0 Å². The number of nitrogens with two attached hydrogens (primary N) is 2. The van der Waals surface area contributed by atoms with Gasteiger partial charge in [0.15, 0.2) is 11.6 Å². The summed E-state index contributed by atoms with van der Waals surface area (Å²) in [6.07, 6.45) is 2.27. The fraction of sp³-hybridized carbons (Fsp3) is 0.250. The van der Waals surface area contributed by atoms with Crippen molar-refractivity contribution in [2.24, 2.45) is 16.7 Å². The van der Waals surface area contributed by atoms with Crippen LogP contribution in [0.3, 0.4) is 0 Å². The molecule has 1 aliphatic rings. The Labute approximate surface area is 98.9 Å². The van der Waals surface area contributed by atoms with Gasteiger partial charge in [-0.25, -0.2) is 4.98 Å². The maximum atomic E-state index is 11.6. The highest BCUT2D eigenvalue weighted by Gasteiger charge is 2.17. The molecule has 2 rings (SSSR count). The summed E-state index contributed by atoms with van der Waals surface area (Å²) < 4.78 is 0. The van der Waals surface area contributed by atoms with Crippen molar-refractivity contribution < 1.29 is 4.79 Å². The number of Topliss-reactive ketones (excluding diaryl/α,β-unsaturated/α-hetero) is 1. The highest BCUT2D eigenvalue weighted by molar-refractivity contribution is 5.98. The van der Waals surface area contributed by atoms with Gasteiger partial charge in [0.05, 0.1) is 5.69 Å². The minimum Gasteiger partial charge on any atom is -0.375 e. The van der Waals surface area contributed by atoms with Crippen LogP contribution in [0.2, 0.25) is 0 Å². The average Bonchev–Trinajstić information content (AvgIpc) is 2.36. The van der Waals surface area contributed by atoms with Crippen molar-refractivity contribution in [3.8, 4) is 11.8 Å². The normalized spacial score (nSPS) is 14.8. The summed E-state index contributed by atoms with van der Waals surface area (Å²) >= 11 is 0. The average molecular weight is 228 g/mol. The summed E-state index contributed by atoms with van der Waals surface area (Å²) in [4.78, 5) is 15.9. The molecule has 17 heavy (non-hydrogen) atoms. The van der Waals surface area contributed by atoms with Crippen molar-refractivity contribution in [3.63, 3.8) is 0 Å². The zero-order valence-electron chi connectivity index (χ0n) is 9.23. The van der Waals surface area contributed by atoms with Crippen LogP contribution in [0.5, 0.6) is 0 Å². The van der Waals surface area contributed by atoms with E-state index in [1.165, 1.54) is 0 Å². The largest absolute Gasteiger partial charge is 0.375 e. The number of pyridine rings is 1. The molecule has 1 aliphatic carbocycles. The fourth-order valence-corrected chi connectivity index (χ4v) is 1.73. The minimum absolute atomic E-state index is 0.0561. The molecule has 1 aromatic rings. The van der Waals surface area contributed by atoms with Gasteiger partial charge in [-0.3, -0.25) is 4.79 Å². The van der Waals surface area contributed by atoms with Crippen LogP contribution in [0.1, 0.15) is 34.6 Å². The Kier molecular flexibility index (Phi) is 3.06. The Balaban J connectivity index is 2.33. The molecule has 0 spiro atoms. The lowest BCUT2D eigenvalue weighted by molar-refractivity contribution is 0.0971. The Morgan fingerprint density at radius 1 is 1.41 bits per heavy atom. The third-order valence-electron chi connectivity index (χ3n) is 2.55. The Morgan fingerprint density at radius 3 is 3.00 bits per heavy atom. The second-order valence-electron chi connectivity index (χ2n) is 3.73. The minimum atomic E-state index is 0.0561. The summed E-state index contributed by atoms with van der Waals surface area (Å²) in [5.41, 5.74) is 7.45. The van der Waals surface area contributed by atoms with Crippen molar-refractivity contribution in [1.82, 2.24) is 4.98 Å². The van der Waals surface area contributed by atoms with Gasteiger partial charge in [0.25, 0.3) is 0 Å². The predicted octanol–water partition coefficient (Wildman–Crippen LogP) is 0.183. The molecule has 1 heterocycles. The molecular formula is C12H12N4O. The molecule has 86 valence electrons. The van der Waals surface area contributed by atoms with E-state index in [2.05, 4.69) is 21.9 Å². The number of amidine groups is 1. The van der Waals surface area contributed by atoms with Gasteiger partial charge >= 0.3 is 0 Å². The fourth-order valence-electron chi connectivity index (χ4n) is 1.73. The number of rotatable bonds is 0. The number of hydrazone groups is 1. The van der Waals surface area contributed by atoms with Gasteiger partial charge in [0.1, 0.15) is 5.69 Å². The maximum Gasteiger partial charge on any atom is 0.194 e. The van der Waals surface area contributed by atoms with Crippen LogP contribution >= 0.6 is 0 Å². The van der Waals surface area contributed by atoms with Crippen molar-refractivity contribution >= 4 is 11.6 Å². The molecule has 4 N–H and O–H groups in total. The molecule has 5 nitrogen and oxygen atoms in total. The lowest BCUT2D eigenvalue weighted by atomic mass is 9.94. The molecule has 0 aliphatic heterocycles. The zero-order chi connectivity index (χ0) is 12.3. The van der Waals surface area contributed by atoms with E-state index in [1.807, 2.05) is 0 Å². The van der Waals surface area contributed by atoms with E-state index >= 15 is 0 Å². The van der Waals surface area contributed by atoms with Gasteiger partial charge < -0.3 is 11.6 Å². The first-order chi connectivity index (χ1) is 8.20. The standard InChI is InChI=1S/C12H12N4O/c13-12(16-14)7-5-8-4-6-9-10(15-8)2-1-3-11(9)17/h4,6H,1-3,14H2,(H2,13,16). The molecular weight excluding hydrogens is 216 g/mol. The van der Waals surface area contributed by atoms with Crippen molar-refractivity contribution in [3.05, 3.63) is 29.1 Å². The molecule has 5 heteroatoms. The molecule has 0 radical (unpaired) electrons. The Hall–Kier alpha value is -2.35. The number of aryl methyl sites for hydroxylation is 1. The van der Waals surface area contributed by atoms with Crippen molar-refractivity contribution in [2.45, 2.75) is 19.3 Å². The Bertz CT molecular complexity index is 551. The highest BCUT2D eigenvalue weighted by atomic mass is 16.1. The van der Waals surface area contributed by atoms with Crippen LogP contribution in [0.15, 0.2) is 17.2 Å². The predicted molar refractivity (Wildman–Crippen MR) is 64.2 cm³/mol. The maximum absolute atomic E-state index is 11.6. The molecule has 0 aromatic carbocycles. The first-order valence-corrected chi connectivity index (χ1v) is 5.29. The molecule has 0 bridgehead atoms. The van der Waals surface area contributed by atoms with E-state index in [1.54, 1.807) is 12.1 Å². The van der Waals surface area contributed by atoms with Crippen LogP contribution in [-0.4, -0.2) is 16.6 Å². The van der Waals surface area contributed by atoms with Gasteiger partial charge in [-0.05, 0) is 36.8 Å². The molecule has 0 saturated carbocycles. The van der Waals surface area contributed by atoms with Gasteiger partial charge in [0.2, 0.25) is 0 Å². The number of carbonyl (C=O) groups is 1. The van der Waals surface area contributed by atoms with Crippen LogP contribution < -0.4 is 11.6 Å². The molecule has 0 atom stereocenters. The number of carbonyl (C=O) groups excluding carboxylic acids is 1. The van der Waals surface area contributed by atoms with Gasteiger partial charge in [-0.15, -0.1) is 0 Å². The van der Waals surface area contributed by atoms with Gasteiger partial charge in [-0.1, -0.05) is 0 Å². The van der Waals surface area contributed by atoms with Crippen LogP contribution in [0, 0.1) is 11.8 Å². The molecule has 0 fully saturated rings. The third-order valence-corrected chi connectivity index (χ3v) is 2.55. The summed E-state index contributed by atoms with van der Waals surface area (Å²) in [6, 6.07) is 3.47. The quantitative estimate of drug-likeness (QED) is 0.218. The number of hydrogen-bond acceptors (Lipinski definition) is 4. The van der Waals surface area contributed by atoms with Crippen LogP contribution in [-0.2, 0) is 6.42 Å².